The molecule has 0 bridgehead atoms. The minimum atomic E-state index is 0.693. The number of nitrogens with zero attached hydrogens (tertiary/aromatic N) is 3. The molecule has 4 nitrogen and oxygen atoms in total. The van der Waals surface area contributed by atoms with E-state index in [-0.39, 0.29) is 0 Å². The van der Waals surface area contributed by atoms with Crippen LogP contribution in [0.15, 0.2) is 59.8 Å². The predicted molar refractivity (Wildman–Crippen MR) is 112 cm³/mol. The summed E-state index contributed by atoms with van der Waals surface area (Å²) in [6, 6.07) is 18.4. The van der Waals surface area contributed by atoms with E-state index in [9.17, 15) is 0 Å². The maximum Gasteiger partial charge on any atom is 0.191 e. The molecule has 2 aromatic carbocycles. The van der Waals surface area contributed by atoms with Crippen LogP contribution in [-0.4, -0.2) is 34.2 Å². The van der Waals surface area contributed by atoms with Crippen molar-refractivity contribution in [1.29, 1.82) is 0 Å². The molecule has 0 aliphatic heterocycles. The largest absolute Gasteiger partial charge is 0.385 e. The van der Waals surface area contributed by atoms with Crippen molar-refractivity contribution < 1.29 is 4.74 Å². The van der Waals surface area contributed by atoms with Gasteiger partial charge in [0.15, 0.2) is 11.0 Å². The number of halogens is 1. The van der Waals surface area contributed by atoms with Gasteiger partial charge in [-0.25, -0.2) is 0 Å². The van der Waals surface area contributed by atoms with Gasteiger partial charge in [-0.2, -0.15) is 0 Å². The minimum absolute atomic E-state index is 0.693. The lowest BCUT2D eigenvalue weighted by molar-refractivity contribution is 0.189. The van der Waals surface area contributed by atoms with Crippen molar-refractivity contribution in [2.45, 2.75) is 31.0 Å². The van der Waals surface area contributed by atoms with Crippen molar-refractivity contribution in [2.75, 3.05) is 19.5 Å². The number of aromatic nitrogens is 3. The molecule has 0 spiro atoms. The van der Waals surface area contributed by atoms with Gasteiger partial charge in [0.25, 0.3) is 0 Å². The van der Waals surface area contributed by atoms with Gasteiger partial charge in [-0.1, -0.05) is 65.8 Å². The summed E-state index contributed by atoms with van der Waals surface area (Å²) in [6.07, 6.45) is 3.08. The van der Waals surface area contributed by atoms with E-state index in [2.05, 4.69) is 45.1 Å². The van der Waals surface area contributed by atoms with Crippen LogP contribution >= 0.6 is 23.4 Å². The molecule has 142 valence electrons. The van der Waals surface area contributed by atoms with E-state index in [1.165, 1.54) is 5.56 Å². The molecule has 1 heterocycles. The zero-order valence-corrected chi connectivity index (χ0v) is 17.0. The van der Waals surface area contributed by atoms with Crippen molar-refractivity contribution in [3.8, 4) is 11.4 Å². The first-order valence-corrected chi connectivity index (χ1v) is 10.5. The maximum atomic E-state index is 6.38. The first kappa shape index (κ1) is 19.9. The third-order valence-electron chi connectivity index (χ3n) is 4.25. The van der Waals surface area contributed by atoms with Crippen LogP contribution in [0.25, 0.3) is 11.4 Å². The highest BCUT2D eigenvalue weighted by atomic mass is 35.5. The molecule has 6 heteroatoms. The van der Waals surface area contributed by atoms with Gasteiger partial charge in [-0.15, -0.1) is 10.2 Å². The Morgan fingerprint density at radius 3 is 2.56 bits per heavy atom. The number of thioether (sulfide) groups is 1. The average Bonchev–Trinajstić information content (AvgIpc) is 3.09. The molecule has 0 aliphatic carbocycles. The van der Waals surface area contributed by atoms with Crippen molar-refractivity contribution in [3.63, 3.8) is 0 Å². The molecule has 0 unspecified atom stereocenters. The van der Waals surface area contributed by atoms with Crippen molar-refractivity contribution in [3.05, 3.63) is 65.2 Å². The molecule has 0 atom stereocenters. The molecule has 0 saturated heterocycles. The highest BCUT2D eigenvalue weighted by Gasteiger charge is 2.16. The third kappa shape index (κ3) is 5.58. The van der Waals surface area contributed by atoms with Crippen molar-refractivity contribution in [1.82, 2.24) is 14.8 Å². The van der Waals surface area contributed by atoms with Gasteiger partial charge in [-0.3, -0.25) is 0 Å². The Morgan fingerprint density at radius 1 is 1.00 bits per heavy atom. The normalized spacial score (nSPS) is 11.0. The van der Waals surface area contributed by atoms with Gasteiger partial charge in [0.2, 0.25) is 0 Å². The van der Waals surface area contributed by atoms with Gasteiger partial charge < -0.3 is 9.30 Å². The molecule has 1 aromatic heterocycles. The summed E-state index contributed by atoms with van der Waals surface area (Å²) >= 11 is 8.13. The van der Waals surface area contributed by atoms with Gasteiger partial charge in [0, 0.05) is 31.6 Å². The van der Waals surface area contributed by atoms with Crippen LogP contribution in [0.2, 0.25) is 5.02 Å². The Labute approximate surface area is 169 Å². The molecule has 0 N–H and O–H groups in total. The number of aryl methyl sites for hydroxylation is 1. The third-order valence-corrected chi connectivity index (χ3v) is 5.63. The zero-order valence-electron chi connectivity index (χ0n) is 15.5. The lowest BCUT2D eigenvalue weighted by Crippen LogP contribution is -2.05. The van der Waals surface area contributed by atoms with Gasteiger partial charge in [0.05, 0.1) is 5.02 Å². The van der Waals surface area contributed by atoms with Crippen LogP contribution in [0.4, 0.5) is 0 Å². The summed E-state index contributed by atoms with van der Waals surface area (Å²) in [5, 5.41) is 10.5. The fourth-order valence-electron chi connectivity index (χ4n) is 2.89. The van der Waals surface area contributed by atoms with E-state index in [4.69, 9.17) is 16.3 Å². The second-order valence-electron chi connectivity index (χ2n) is 6.22. The number of benzene rings is 2. The Morgan fingerprint density at radius 2 is 1.78 bits per heavy atom. The number of hydrogen-bond acceptors (Lipinski definition) is 4. The molecule has 3 aromatic rings. The molecule has 0 radical (unpaired) electrons. The quantitative estimate of drug-likeness (QED) is 0.338. The fraction of sp³-hybridized carbons (Fsp3) is 0.333. The first-order valence-electron chi connectivity index (χ1n) is 9.13. The maximum absolute atomic E-state index is 6.38. The predicted octanol–water partition coefficient (Wildman–Crippen LogP) is 5.36. The van der Waals surface area contributed by atoms with Crippen LogP contribution in [-0.2, 0) is 17.7 Å². The van der Waals surface area contributed by atoms with E-state index < -0.39 is 0 Å². The summed E-state index contributed by atoms with van der Waals surface area (Å²) in [5.41, 5.74) is 2.29. The average molecular weight is 402 g/mol. The van der Waals surface area contributed by atoms with Gasteiger partial charge >= 0.3 is 0 Å². The van der Waals surface area contributed by atoms with E-state index in [0.29, 0.717) is 11.6 Å². The Hall–Kier alpha value is -1.82. The van der Waals surface area contributed by atoms with E-state index >= 15 is 0 Å². The summed E-state index contributed by atoms with van der Waals surface area (Å²) in [7, 11) is 1.72. The van der Waals surface area contributed by atoms with Crippen molar-refractivity contribution in [2.24, 2.45) is 0 Å². The van der Waals surface area contributed by atoms with E-state index in [1.807, 2.05) is 24.3 Å². The smallest absolute Gasteiger partial charge is 0.191 e. The number of hydrogen-bond donors (Lipinski definition) is 0. The lowest BCUT2D eigenvalue weighted by atomic mass is 10.1. The van der Waals surface area contributed by atoms with Crippen molar-refractivity contribution >= 4 is 23.4 Å². The SMILES string of the molecule is COCCCn1c(SCCCc2ccccc2)nnc1-c1ccccc1Cl. The minimum Gasteiger partial charge on any atom is -0.385 e. The Balaban J connectivity index is 1.69. The molecule has 27 heavy (non-hydrogen) atoms. The van der Waals surface area contributed by atoms with Crippen LogP contribution < -0.4 is 0 Å². The van der Waals surface area contributed by atoms with Gasteiger partial charge in [0.1, 0.15) is 0 Å². The summed E-state index contributed by atoms with van der Waals surface area (Å²) in [5.74, 6) is 1.82. The van der Waals surface area contributed by atoms with Crippen LogP contribution in [0.1, 0.15) is 18.4 Å². The molecule has 0 saturated carbocycles. The topological polar surface area (TPSA) is 39.9 Å². The monoisotopic (exact) mass is 401 g/mol. The summed E-state index contributed by atoms with van der Waals surface area (Å²) in [4.78, 5) is 0. The van der Waals surface area contributed by atoms with Crippen LogP contribution in [0.3, 0.4) is 0 Å². The molecular formula is C21H24ClN3OS. The number of rotatable bonds is 10. The van der Waals surface area contributed by atoms with Crippen LogP contribution in [0, 0.1) is 0 Å². The number of methoxy groups -OCH3 is 1. The van der Waals surface area contributed by atoms with Crippen LogP contribution in [0.5, 0.6) is 0 Å². The molecule has 0 fully saturated rings. The molecule has 0 amide bonds. The lowest BCUT2D eigenvalue weighted by Gasteiger charge is -2.11. The molecule has 3 rings (SSSR count). The second-order valence-corrected chi connectivity index (χ2v) is 7.69. The summed E-state index contributed by atoms with van der Waals surface area (Å²) < 4.78 is 7.37. The summed E-state index contributed by atoms with van der Waals surface area (Å²) in [6.45, 7) is 1.51. The van der Waals surface area contributed by atoms with E-state index in [1.54, 1.807) is 18.9 Å². The Kier molecular flexibility index (Phi) is 7.75. The van der Waals surface area contributed by atoms with Gasteiger partial charge in [-0.05, 0) is 37.0 Å². The standard InChI is InChI=1S/C21H24ClN3OS/c1-26-15-8-14-25-20(18-12-5-6-13-19(18)22)23-24-21(25)27-16-7-11-17-9-3-2-4-10-17/h2-6,9-10,12-13H,7-8,11,14-16H2,1H3. The van der Waals surface area contributed by atoms with E-state index in [0.717, 1.165) is 48.1 Å². The fourth-order valence-corrected chi connectivity index (χ4v) is 4.01. The highest BCUT2D eigenvalue weighted by Crippen LogP contribution is 2.29. The molecule has 0 aliphatic rings. The number of ether oxygens (including phenoxy) is 1. The molecular weight excluding hydrogens is 378 g/mol. The zero-order chi connectivity index (χ0) is 18.9. The Bertz CT molecular complexity index is 838. The second kappa shape index (κ2) is 10.5. The first-order chi connectivity index (χ1) is 13.3. The highest BCUT2D eigenvalue weighted by molar-refractivity contribution is 7.99.